The normalized spacial score (nSPS) is 15.0. The van der Waals surface area contributed by atoms with Crippen LogP contribution in [0.3, 0.4) is 0 Å². The van der Waals surface area contributed by atoms with Crippen molar-refractivity contribution in [1.29, 1.82) is 0 Å². The van der Waals surface area contributed by atoms with Gasteiger partial charge in [-0.25, -0.2) is 4.39 Å². The first-order chi connectivity index (χ1) is 11.8. The van der Waals surface area contributed by atoms with Gasteiger partial charge in [-0.2, -0.15) is 35.8 Å². The Morgan fingerprint density at radius 1 is 0.808 bits per heavy atom. The van der Waals surface area contributed by atoms with Crippen LogP contribution in [0.2, 0.25) is 0 Å². The number of rotatable bonds is 4. The lowest BCUT2D eigenvalue weighted by atomic mass is 10.1. The molecule has 1 atom stereocenters. The van der Waals surface area contributed by atoms with E-state index in [4.69, 9.17) is 0 Å². The van der Waals surface area contributed by atoms with E-state index in [0.717, 1.165) is 6.07 Å². The Hall–Kier alpha value is -2.20. The molecule has 0 saturated heterocycles. The van der Waals surface area contributed by atoms with E-state index in [1.807, 2.05) is 0 Å². The van der Waals surface area contributed by atoms with Gasteiger partial charge in [0.25, 0.3) is 0 Å². The molecular formula is C16H9F8O2. The van der Waals surface area contributed by atoms with Crippen molar-refractivity contribution in [2.75, 3.05) is 0 Å². The van der Waals surface area contributed by atoms with Gasteiger partial charge in [0.1, 0.15) is 5.82 Å². The first-order valence-corrected chi connectivity index (χ1v) is 6.87. The van der Waals surface area contributed by atoms with Gasteiger partial charge in [0.2, 0.25) is 0 Å². The summed E-state index contributed by atoms with van der Waals surface area (Å²) in [6.45, 7) is -1.23. The molecule has 26 heavy (non-hydrogen) atoms. The third-order valence-corrected chi connectivity index (χ3v) is 3.33. The van der Waals surface area contributed by atoms with Crippen molar-refractivity contribution in [3.8, 4) is 0 Å². The number of hydrogen-bond donors (Lipinski definition) is 0. The second-order valence-electron chi connectivity index (χ2n) is 5.20. The molecule has 10 heteroatoms. The molecule has 0 aliphatic rings. The summed E-state index contributed by atoms with van der Waals surface area (Å²) in [5, 5.41) is 11.8. The quantitative estimate of drug-likeness (QED) is 0.498. The molecule has 2 rings (SSSR count). The average Bonchev–Trinajstić information content (AvgIpc) is 2.52. The summed E-state index contributed by atoms with van der Waals surface area (Å²) in [7, 11) is 0. The van der Waals surface area contributed by atoms with Crippen LogP contribution < -0.4 is 0 Å². The number of benzene rings is 2. The Bertz CT molecular complexity index is 781. The molecule has 1 radical (unpaired) electrons. The van der Waals surface area contributed by atoms with Crippen molar-refractivity contribution in [3.05, 3.63) is 70.5 Å². The van der Waals surface area contributed by atoms with Crippen LogP contribution in [0, 0.1) is 5.82 Å². The van der Waals surface area contributed by atoms with Gasteiger partial charge in [-0.15, -0.1) is 0 Å². The third-order valence-electron chi connectivity index (χ3n) is 3.33. The van der Waals surface area contributed by atoms with E-state index in [9.17, 15) is 40.2 Å². The second kappa shape index (κ2) is 6.84. The fourth-order valence-electron chi connectivity index (χ4n) is 2.07. The van der Waals surface area contributed by atoms with Crippen LogP contribution in [-0.4, -0.2) is 0 Å². The first kappa shape index (κ1) is 20.1. The highest BCUT2D eigenvalue weighted by atomic mass is 19.4. The SMILES string of the molecule is [O]C(F)(OCc1ccc(F)cc1C(F)(F)F)c1cccc(C(F)(F)F)c1. The van der Waals surface area contributed by atoms with Crippen molar-refractivity contribution >= 4 is 0 Å². The maximum Gasteiger partial charge on any atom is 0.416 e. The smallest absolute Gasteiger partial charge is 0.313 e. The van der Waals surface area contributed by atoms with Crippen molar-refractivity contribution < 1.29 is 45.0 Å². The van der Waals surface area contributed by atoms with E-state index < -0.39 is 53.1 Å². The lowest BCUT2D eigenvalue weighted by Crippen LogP contribution is -2.23. The fraction of sp³-hybridized carbons (Fsp3) is 0.250. The minimum absolute atomic E-state index is 0.133. The summed E-state index contributed by atoms with van der Waals surface area (Å²) in [6.07, 6.45) is -9.86. The third kappa shape index (κ3) is 4.70. The molecule has 0 N–H and O–H groups in total. The fourth-order valence-corrected chi connectivity index (χ4v) is 2.07. The van der Waals surface area contributed by atoms with Crippen molar-refractivity contribution in [2.24, 2.45) is 0 Å². The molecule has 2 aromatic carbocycles. The minimum Gasteiger partial charge on any atom is -0.313 e. The van der Waals surface area contributed by atoms with Crippen LogP contribution in [0.5, 0.6) is 0 Å². The predicted molar refractivity (Wildman–Crippen MR) is 71.1 cm³/mol. The molecule has 1 unspecified atom stereocenters. The molecule has 2 nitrogen and oxygen atoms in total. The molecule has 0 aliphatic carbocycles. The maximum atomic E-state index is 14.1. The Labute approximate surface area is 141 Å². The van der Waals surface area contributed by atoms with Gasteiger partial charge in [-0.05, 0) is 29.8 Å². The highest BCUT2D eigenvalue weighted by molar-refractivity contribution is 5.30. The zero-order valence-electron chi connectivity index (χ0n) is 12.6. The zero-order valence-corrected chi connectivity index (χ0v) is 12.6. The molecule has 0 amide bonds. The van der Waals surface area contributed by atoms with E-state index >= 15 is 0 Å². The molecule has 0 heterocycles. The molecule has 141 valence electrons. The Balaban J connectivity index is 2.27. The Kier molecular flexibility index (Phi) is 5.29. The van der Waals surface area contributed by atoms with Crippen molar-refractivity contribution in [1.82, 2.24) is 0 Å². The summed E-state index contributed by atoms with van der Waals surface area (Å²) in [5.74, 6) is -1.22. The van der Waals surface area contributed by atoms with Crippen molar-refractivity contribution in [3.63, 3.8) is 0 Å². The van der Waals surface area contributed by atoms with Gasteiger partial charge in [0.05, 0.1) is 17.7 Å². The lowest BCUT2D eigenvalue weighted by Gasteiger charge is -2.20. The van der Waals surface area contributed by atoms with Crippen molar-refractivity contribution in [2.45, 2.75) is 25.0 Å². The summed E-state index contributed by atoms with van der Waals surface area (Å²) < 4.78 is 108. The van der Waals surface area contributed by atoms with Crippen LogP contribution in [0.25, 0.3) is 0 Å². The monoisotopic (exact) mass is 385 g/mol. The van der Waals surface area contributed by atoms with Gasteiger partial charge in [0.15, 0.2) is 0 Å². The van der Waals surface area contributed by atoms with Crippen LogP contribution in [0.15, 0.2) is 42.5 Å². The summed E-state index contributed by atoms with van der Waals surface area (Å²) in [4.78, 5) is 0. The van der Waals surface area contributed by atoms with Gasteiger partial charge in [-0.3, -0.25) is 0 Å². The maximum absolute atomic E-state index is 14.1. The van der Waals surface area contributed by atoms with Gasteiger partial charge < -0.3 is 4.74 Å². The van der Waals surface area contributed by atoms with Gasteiger partial charge in [0, 0.05) is 5.56 Å². The Morgan fingerprint density at radius 3 is 2.00 bits per heavy atom. The molecule has 2 aromatic rings. The van der Waals surface area contributed by atoms with Gasteiger partial charge in [-0.1, -0.05) is 18.2 Å². The number of ether oxygens (including phenoxy) is 1. The molecular weight excluding hydrogens is 376 g/mol. The number of hydrogen-bond acceptors (Lipinski definition) is 1. The number of alkyl halides is 7. The second-order valence-corrected chi connectivity index (χ2v) is 5.20. The molecule has 0 fully saturated rings. The van der Waals surface area contributed by atoms with Crippen LogP contribution in [0.4, 0.5) is 35.1 Å². The lowest BCUT2D eigenvalue weighted by molar-refractivity contribution is -0.341. The summed E-state index contributed by atoms with van der Waals surface area (Å²) in [5.41, 5.74) is -4.63. The van der Waals surface area contributed by atoms with Crippen LogP contribution >= 0.6 is 0 Å². The zero-order chi connectivity index (χ0) is 19.8. The molecule has 0 bridgehead atoms. The highest BCUT2D eigenvalue weighted by Crippen LogP contribution is 2.36. The minimum atomic E-state index is -5.00. The topological polar surface area (TPSA) is 29.1 Å². The van der Waals surface area contributed by atoms with E-state index in [2.05, 4.69) is 4.74 Å². The highest BCUT2D eigenvalue weighted by Gasteiger charge is 2.38. The van der Waals surface area contributed by atoms with Gasteiger partial charge >= 0.3 is 18.4 Å². The predicted octanol–water partition coefficient (Wildman–Crippen LogP) is 5.59. The van der Waals surface area contributed by atoms with Crippen LogP contribution in [-0.2, 0) is 34.8 Å². The van der Waals surface area contributed by atoms with E-state index in [1.54, 1.807) is 0 Å². The van der Waals surface area contributed by atoms with E-state index in [0.29, 0.717) is 24.3 Å². The van der Waals surface area contributed by atoms with E-state index in [1.165, 1.54) is 0 Å². The summed E-state index contributed by atoms with van der Waals surface area (Å²) in [6, 6.07) is -0.385. The average molecular weight is 385 g/mol. The first-order valence-electron chi connectivity index (χ1n) is 6.87. The Morgan fingerprint density at radius 2 is 1.42 bits per heavy atom. The molecule has 0 saturated carbocycles. The molecule has 0 aliphatic heterocycles. The van der Waals surface area contributed by atoms with E-state index in [-0.39, 0.29) is 12.1 Å². The van der Waals surface area contributed by atoms with Crippen LogP contribution in [0.1, 0.15) is 22.3 Å². The largest absolute Gasteiger partial charge is 0.416 e. The molecule has 0 spiro atoms. The molecule has 0 aromatic heterocycles. The number of halogens is 8. The summed E-state index contributed by atoms with van der Waals surface area (Å²) >= 11 is 0. The standard InChI is InChI=1S/C16H9F8O2/c17-12-5-4-9(13(7-12)15(21,22)23)8-26-16(24,25)11-3-1-2-10(6-11)14(18,19)20/h1-7H,8H2.